The Kier molecular flexibility index (Phi) is 12.8. The van der Waals surface area contributed by atoms with E-state index in [0.717, 1.165) is 26.8 Å². The van der Waals surface area contributed by atoms with Crippen LogP contribution in [-0.4, -0.2) is 58.7 Å². The van der Waals surface area contributed by atoms with Gasteiger partial charge in [-0.3, -0.25) is 14.4 Å². The molecule has 5 aromatic rings. The summed E-state index contributed by atoms with van der Waals surface area (Å²) in [5.41, 5.74) is 2.08. The second kappa shape index (κ2) is 17.9. The Morgan fingerprint density at radius 1 is 0.912 bits per heavy atom. The summed E-state index contributed by atoms with van der Waals surface area (Å²) in [6.45, 7) is 9.65. The van der Waals surface area contributed by atoms with E-state index < -0.39 is 34.7 Å². The quantitative estimate of drug-likeness (QED) is 0.0683. The first-order valence-corrected chi connectivity index (χ1v) is 20.2. The molecule has 1 aromatic heterocycles. The Bertz CT molecular complexity index is 2340. The molecule has 3 N–H and O–H groups in total. The first-order valence-electron chi connectivity index (χ1n) is 18.5. The maximum absolute atomic E-state index is 13.9. The molecule has 0 spiro atoms. The Labute approximate surface area is 339 Å². The highest BCUT2D eigenvalue weighted by Gasteiger charge is 2.33. The topological polar surface area (TPSA) is 143 Å². The van der Waals surface area contributed by atoms with Gasteiger partial charge in [-0.15, -0.1) is 23.1 Å². The van der Waals surface area contributed by atoms with E-state index >= 15 is 0 Å². The zero-order chi connectivity index (χ0) is 40.7. The molecule has 0 aliphatic carbocycles. The van der Waals surface area contributed by atoms with Gasteiger partial charge in [0.15, 0.2) is 0 Å². The average molecular weight is 805 g/mol. The van der Waals surface area contributed by atoms with Crippen molar-refractivity contribution in [3.05, 3.63) is 130 Å². The van der Waals surface area contributed by atoms with Crippen molar-refractivity contribution >= 4 is 80.4 Å². The summed E-state index contributed by atoms with van der Waals surface area (Å²) in [6, 6.07) is 29.3. The largest absolute Gasteiger partial charge is 0.462 e. The lowest BCUT2D eigenvalue weighted by Gasteiger charge is -2.30. The number of nitrogens with one attached hydrogen (secondary N) is 3. The van der Waals surface area contributed by atoms with Gasteiger partial charge in [-0.05, 0) is 99.3 Å². The average Bonchev–Trinajstić information content (AvgIpc) is 3.54. The number of carbonyl (C=O) groups excluding carboxylic acids is 5. The molecule has 0 saturated carbocycles. The van der Waals surface area contributed by atoms with Gasteiger partial charge >= 0.3 is 12.1 Å². The van der Waals surface area contributed by atoms with Crippen LogP contribution in [0.4, 0.5) is 15.5 Å². The number of nitrogens with zero attached hydrogens (tertiary/aromatic N) is 1. The van der Waals surface area contributed by atoms with Gasteiger partial charge in [-0.1, -0.05) is 66.7 Å². The number of amides is 4. The first kappa shape index (κ1) is 40.7. The molecule has 294 valence electrons. The van der Waals surface area contributed by atoms with E-state index in [-0.39, 0.29) is 24.8 Å². The molecule has 0 saturated heterocycles. The van der Waals surface area contributed by atoms with Gasteiger partial charge in [-0.2, -0.15) is 0 Å². The van der Waals surface area contributed by atoms with Gasteiger partial charge in [0, 0.05) is 27.6 Å². The smallest absolute Gasteiger partial charge is 0.410 e. The van der Waals surface area contributed by atoms with Crippen LogP contribution in [0.1, 0.15) is 71.3 Å². The fourth-order valence-corrected chi connectivity index (χ4v) is 8.36. The molecular weight excluding hydrogens is 761 g/mol. The number of hydrogen-bond acceptors (Lipinski definition) is 9. The third kappa shape index (κ3) is 10.3. The van der Waals surface area contributed by atoms with Crippen molar-refractivity contribution in [3.63, 3.8) is 0 Å². The van der Waals surface area contributed by atoms with Crippen molar-refractivity contribution in [1.82, 2.24) is 10.2 Å². The van der Waals surface area contributed by atoms with Crippen molar-refractivity contribution < 1.29 is 33.4 Å². The maximum Gasteiger partial charge on any atom is 0.410 e. The van der Waals surface area contributed by atoms with E-state index in [1.54, 1.807) is 88.1 Å². The molecule has 57 heavy (non-hydrogen) atoms. The summed E-state index contributed by atoms with van der Waals surface area (Å²) in [7, 11) is 0. The van der Waals surface area contributed by atoms with Gasteiger partial charge in [0.05, 0.1) is 24.0 Å². The standard InChI is InChI=1S/C44H44N4O7S2/c1-6-54-42(52)37-34-22-23-48(43(53)55-44(3,4)5)26-36(34)57-41(37)47-38(49)27(2)56-32-20-13-19-31(25-32)45-40(51)35(46-39(50)29-15-8-7-9-16-29)24-30-18-12-17-28-14-10-11-21-33(28)30/h7-21,24-25,27H,6,22-23,26H2,1-5H3,(H,45,51)(H,46,50)(H,47,49)/b35-24+. The lowest BCUT2D eigenvalue weighted by molar-refractivity contribution is -0.115. The molecule has 0 bridgehead atoms. The first-order chi connectivity index (χ1) is 27.3. The molecule has 4 amide bonds. The molecule has 11 nitrogen and oxygen atoms in total. The number of anilines is 2. The lowest BCUT2D eigenvalue weighted by atomic mass is 10.0. The second-order valence-electron chi connectivity index (χ2n) is 14.3. The molecule has 6 rings (SSSR count). The zero-order valence-electron chi connectivity index (χ0n) is 32.3. The van der Waals surface area contributed by atoms with Crippen molar-refractivity contribution in [2.24, 2.45) is 0 Å². The van der Waals surface area contributed by atoms with Crippen molar-refractivity contribution in [1.29, 1.82) is 0 Å². The highest BCUT2D eigenvalue weighted by molar-refractivity contribution is 8.00. The fourth-order valence-electron chi connectivity index (χ4n) is 6.18. The van der Waals surface area contributed by atoms with Crippen LogP contribution in [0.25, 0.3) is 16.8 Å². The van der Waals surface area contributed by atoms with Crippen molar-refractivity contribution in [3.8, 4) is 0 Å². The Morgan fingerprint density at radius 2 is 1.63 bits per heavy atom. The number of benzene rings is 4. The lowest BCUT2D eigenvalue weighted by Crippen LogP contribution is -2.39. The minimum absolute atomic E-state index is 0.0521. The van der Waals surface area contributed by atoms with Crippen LogP contribution in [0, 0.1) is 0 Å². The van der Waals surface area contributed by atoms with Crippen molar-refractivity contribution in [2.75, 3.05) is 23.8 Å². The normalized spacial score (nSPS) is 13.3. The van der Waals surface area contributed by atoms with E-state index in [1.165, 1.54) is 23.1 Å². The molecule has 0 radical (unpaired) electrons. The van der Waals surface area contributed by atoms with Crippen LogP contribution in [0.5, 0.6) is 0 Å². The Balaban J connectivity index is 1.18. The predicted octanol–water partition coefficient (Wildman–Crippen LogP) is 8.90. The fraction of sp³-hybridized carbons (Fsp3) is 0.250. The highest BCUT2D eigenvalue weighted by atomic mass is 32.2. The van der Waals surface area contributed by atoms with E-state index in [2.05, 4.69) is 16.0 Å². The summed E-state index contributed by atoms with van der Waals surface area (Å²) in [5, 5.41) is 10.3. The molecule has 1 aliphatic heterocycles. The van der Waals surface area contributed by atoms with Crippen LogP contribution >= 0.6 is 23.1 Å². The summed E-state index contributed by atoms with van der Waals surface area (Å²) >= 11 is 2.52. The number of esters is 1. The number of ether oxygens (including phenoxy) is 2. The summed E-state index contributed by atoms with van der Waals surface area (Å²) < 4.78 is 10.9. The van der Waals surface area contributed by atoms with Crippen LogP contribution in [-0.2, 0) is 32.0 Å². The van der Waals surface area contributed by atoms with Gasteiger partial charge in [0.2, 0.25) is 5.91 Å². The number of thioether (sulfide) groups is 1. The number of hydrogen-bond donors (Lipinski definition) is 3. The van der Waals surface area contributed by atoms with Crippen molar-refractivity contribution in [2.45, 2.75) is 63.3 Å². The van der Waals surface area contributed by atoms with Crippen LogP contribution in [0.3, 0.4) is 0 Å². The molecule has 1 aliphatic rings. The third-order valence-electron chi connectivity index (χ3n) is 8.85. The molecule has 4 aromatic carbocycles. The molecule has 0 fully saturated rings. The van der Waals surface area contributed by atoms with E-state index in [0.29, 0.717) is 39.7 Å². The van der Waals surface area contributed by atoms with E-state index in [9.17, 15) is 24.0 Å². The van der Waals surface area contributed by atoms with Gasteiger partial charge < -0.3 is 30.3 Å². The summed E-state index contributed by atoms with van der Waals surface area (Å²) in [6.07, 6.45) is 1.63. The minimum Gasteiger partial charge on any atom is -0.462 e. The molecule has 2 heterocycles. The van der Waals surface area contributed by atoms with Gasteiger partial charge in [-0.25, -0.2) is 9.59 Å². The predicted molar refractivity (Wildman–Crippen MR) is 225 cm³/mol. The molecule has 1 atom stereocenters. The number of fused-ring (bicyclic) bond motifs is 2. The summed E-state index contributed by atoms with van der Waals surface area (Å²) in [5.74, 6) is -1.84. The molecule has 13 heteroatoms. The monoisotopic (exact) mass is 804 g/mol. The summed E-state index contributed by atoms with van der Waals surface area (Å²) in [4.78, 5) is 69.8. The molecule has 1 unspecified atom stereocenters. The van der Waals surface area contributed by atoms with E-state index in [1.807, 2.05) is 54.6 Å². The zero-order valence-corrected chi connectivity index (χ0v) is 34.0. The Hall–Kier alpha value is -5.92. The number of rotatable bonds is 11. The van der Waals surface area contributed by atoms with Crippen LogP contribution < -0.4 is 16.0 Å². The van der Waals surface area contributed by atoms with Gasteiger partial charge in [0.25, 0.3) is 11.8 Å². The minimum atomic E-state index is -0.654. The second-order valence-corrected chi connectivity index (χ2v) is 16.8. The SMILES string of the molecule is CCOC(=O)c1c(NC(=O)C(C)Sc2cccc(NC(=O)/C(=C\c3cccc4ccccc34)NC(=O)c3ccccc3)c2)sc2c1CCN(C(=O)OC(C)(C)C)C2. The number of carbonyl (C=O) groups is 5. The van der Waals surface area contributed by atoms with Gasteiger partial charge in [0.1, 0.15) is 16.3 Å². The third-order valence-corrected chi connectivity index (χ3v) is 11.1. The maximum atomic E-state index is 13.9. The molecular formula is C44H44N4O7S2. The Morgan fingerprint density at radius 3 is 2.39 bits per heavy atom. The highest BCUT2D eigenvalue weighted by Crippen LogP contribution is 2.39. The number of thiophene rings is 1. The van der Waals surface area contributed by atoms with Crippen LogP contribution in [0.2, 0.25) is 0 Å². The van der Waals surface area contributed by atoms with E-state index in [4.69, 9.17) is 9.47 Å². The van der Waals surface area contributed by atoms with Crippen LogP contribution in [0.15, 0.2) is 108 Å².